The third-order valence-corrected chi connectivity index (χ3v) is 3.86. The van der Waals surface area contributed by atoms with E-state index in [2.05, 4.69) is 25.7 Å². The van der Waals surface area contributed by atoms with Crippen LogP contribution in [0, 0.1) is 5.92 Å². The minimum absolute atomic E-state index is 0.235. The Morgan fingerprint density at radius 2 is 1.89 bits per heavy atom. The van der Waals surface area contributed by atoms with Gasteiger partial charge in [0.1, 0.15) is 0 Å². The van der Waals surface area contributed by atoms with Gasteiger partial charge in [0.05, 0.1) is 6.54 Å². The number of hydrogen-bond donors (Lipinski definition) is 1. The molecule has 1 atom stereocenters. The third kappa shape index (κ3) is 4.94. The van der Waals surface area contributed by atoms with Crippen molar-refractivity contribution in [2.75, 3.05) is 26.7 Å². The molecule has 1 heterocycles. The summed E-state index contributed by atoms with van der Waals surface area (Å²) in [6, 6.07) is 0.651. The summed E-state index contributed by atoms with van der Waals surface area (Å²) in [6.45, 7) is 8.98. The first-order valence-electron chi connectivity index (χ1n) is 7.13. The van der Waals surface area contributed by atoms with Crippen LogP contribution in [-0.4, -0.2) is 54.5 Å². The molecule has 4 nitrogen and oxygen atoms in total. The molecule has 2 N–H and O–H groups in total. The minimum Gasteiger partial charge on any atom is -0.342 e. The molecule has 106 valence electrons. The van der Waals surface area contributed by atoms with Gasteiger partial charge >= 0.3 is 0 Å². The van der Waals surface area contributed by atoms with Crippen LogP contribution in [0.4, 0.5) is 0 Å². The van der Waals surface area contributed by atoms with Gasteiger partial charge in [-0.15, -0.1) is 0 Å². The van der Waals surface area contributed by atoms with Gasteiger partial charge in [-0.05, 0) is 32.1 Å². The van der Waals surface area contributed by atoms with Gasteiger partial charge in [0.25, 0.3) is 0 Å². The summed E-state index contributed by atoms with van der Waals surface area (Å²) < 4.78 is 0. The number of rotatable bonds is 5. The number of amides is 1. The van der Waals surface area contributed by atoms with Crippen molar-refractivity contribution in [3.8, 4) is 0 Å². The second-order valence-corrected chi connectivity index (χ2v) is 6.10. The van der Waals surface area contributed by atoms with Crippen molar-refractivity contribution in [1.82, 2.24) is 9.80 Å². The highest BCUT2D eigenvalue weighted by molar-refractivity contribution is 5.78. The molecule has 18 heavy (non-hydrogen) atoms. The minimum atomic E-state index is 0.235. The SMILES string of the molecule is CC(C)CC(C)N(C)C(=O)CN1CCC(N)CC1. The van der Waals surface area contributed by atoms with Gasteiger partial charge in [0.15, 0.2) is 0 Å². The largest absolute Gasteiger partial charge is 0.342 e. The maximum atomic E-state index is 12.2. The van der Waals surface area contributed by atoms with Crippen LogP contribution in [0.1, 0.15) is 40.0 Å². The normalized spacial score (nSPS) is 20.1. The van der Waals surface area contributed by atoms with Crippen molar-refractivity contribution in [1.29, 1.82) is 0 Å². The first-order valence-corrected chi connectivity index (χ1v) is 7.13. The van der Waals surface area contributed by atoms with Crippen LogP contribution in [0.2, 0.25) is 0 Å². The van der Waals surface area contributed by atoms with E-state index in [4.69, 9.17) is 5.73 Å². The lowest BCUT2D eigenvalue weighted by molar-refractivity contribution is -0.133. The monoisotopic (exact) mass is 255 g/mol. The standard InChI is InChI=1S/C14H29N3O/c1-11(2)9-12(3)16(4)14(18)10-17-7-5-13(15)6-8-17/h11-13H,5-10,15H2,1-4H3. The zero-order chi connectivity index (χ0) is 13.7. The Morgan fingerprint density at radius 1 is 1.33 bits per heavy atom. The van der Waals surface area contributed by atoms with Crippen LogP contribution in [0.3, 0.4) is 0 Å². The third-order valence-electron chi connectivity index (χ3n) is 3.86. The molecule has 0 spiro atoms. The molecule has 1 rings (SSSR count). The Labute approximate surface area is 111 Å². The predicted molar refractivity (Wildman–Crippen MR) is 75.3 cm³/mol. The van der Waals surface area contributed by atoms with Crippen LogP contribution in [-0.2, 0) is 4.79 Å². The lowest BCUT2D eigenvalue weighted by atomic mass is 10.0. The molecule has 4 heteroatoms. The lowest BCUT2D eigenvalue weighted by Crippen LogP contribution is -2.46. The van der Waals surface area contributed by atoms with Crippen molar-refractivity contribution in [2.45, 2.75) is 52.1 Å². The maximum absolute atomic E-state index is 12.2. The number of likely N-dealkylation sites (N-methyl/N-ethyl adjacent to an activating group) is 1. The number of carbonyl (C=O) groups is 1. The molecule has 1 saturated heterocycles. The number of hydrogen-bond acceptors (Lipinski definition) is 3. The molecule has 0 aliphatic carbocycles. The van der Waals surface area contributed by atoms with E-state index >= 15 is 0 Å². The highest BCUT2D eigenvalue weighted by Gasteiger charge is 2.22. The van der Waals surface area contributed by atoms with E-state index in [9.17, 15) is 4.79 Å². The molecule has 0 saturated carbocycles. The number of nitrogens with zero attached hydrogens (tertiary/aromatic N) is 2. The summed E-state index contributed by atoms with van der Waals surface area (Å²) in [5, 5.41) is 0. The molecular weight excluding hydrogens is 226 g/mol. The van der Waals surface area contributed by atoms with Crippen molar-refractivity contribution in [2.24, 2.45) is 11.7 Å². The van der Waals surface area contributed by atoms with E-state index in [0.717, 1.165) is 32.4 Å². The van der Waals surface area contributed by atoms with Crippen molar-refractivity contribution in [3.63, 3.8) is 0 Å². The Bertz CT molecular complexity index is 260. The van der Waals surface area contributed by atoms with Crippen LogP contribution >= 0.6 is 0 Å². The summed E-state index contributed by atoms with van der Waals surface area (Å²) in [6.07, 6.45) is 3.09. The smallest absolute Gasteiger partial charge is 0.236 e. The van der Waals surface area contributed by atoms with Crippen molar-refractivity contribution < 1.29 is 4.79 Å². The van der Waals surface area contributed by atoms with Gasteiger partial charge in [-0.1, -0.05) is 13.8 Å². The molecule has 0 aromatic heterocycles. The lowest BCUT2D eigenvalue weighted by Gasteiger charge is -2.32. The first kappa shape index (κ1) is 15.4. The van der Waals surface area contributed by atoms with Crippen LogP contribution in [0.15, 0.2) is 0 Å². The summed E-state index contributed by atoms with van der Waals surface area (Å²) in [5.74, 6) is 0.863. The van der Waals surface area contributed by atoms with Crippen LogP contribution in [0.5, 0.6) is 0 Å². The van der Waals surface area contributed by atoms with E-state index in [0.29, 0.717) is 24.5 Å². The van der Waals surface area contributed by atoms with Gasteiger partial charge in [0, 0.05) is 32.2 Å². The number of piperidine rings is 1. The predicted octanol–water partition coefficient (Wildman–Crippen LogP) is 1.30. The van der Waals surface area contributed by atoms with E-state index in [1.54, 1.807) is 0 Å². The fourth-order valence-electron chi connectivity index (χ4n) is 2.50. The quantitative estimate of drug-likeness (QED) is 0.805. The van der Waals surface area contributed by atoms with Gasteiger partial charge in [0.2, 0.25) is 5.91 Å². The topological polar surface area (TPSA) is 49.6 Å². The Kier molecular flexibility index (Phi) is 6.09. The first-order chi connectivity index (χ1) is 8.40. The van der Waals surface area contributed by atoms with E-state index in [1.807, 2.05) is 11.9 Å². The Balaban J connectivity index is 2.35. The Morgan fingerprint density at radius 3 is 2.39 bits per heavy atom. The molecule has 1 amide bonds. The molecule has 1 unspecified atom stereocenters. The van der Waals surface area contributed by atoms with Gasteiger partial charge < -0.3 is 10.6 Å². The van der Waals surface area contributed by atoms with Crippen molar-refractivity contribution >= 4 is 5.91 Å². The highest BCUT2D eigenvalue weighted by atomic mass is 16.2. The fourth-order valence-corrected chi connectivity index (χ4v) is 2.50. The van der Waals surface area contributed by atoms with Crippen molar-refractivity contribution in [3.05, 3.63) is 0 Å². The van der Waals surface area contributed by atoms with Gasteiger partial charge in [-0.2, -0.15) is 0 Å². The summed E-state index contributed by atoms with van der Waals surface area (Å²) in [5.41, 5.74) is 5.87. The highest BCUT2D eigenvalue weighted by Crippen LogP contribution is 2.12. The summed E-state index contributed by atoms with van der Waals surface area (Å²) in [7, 11) is 1.92. The second kappa shape index (κ2) is 7.10. The second-order valence-electron chi connectivity index (χ2n) is 6.10. The average Bonchev–Trinajstić information content (AvgIpc) is 2.30. The summed E-state index contributed by atoms with van der Waals surface area (Å²) in [4.78, 5) is 16.3. The van der Waals surface area contributed by atoms with Crippen LogP contribution < -0.4 is 5.73 Å². The molecule has 1 aliphatic heterocycles. The molecule has 1 fully saturated rings. The maximum Gasteiger partial charge on any atom is 0.236 e. The van der Waals surface area contributed by atoms with E-state index in [-0.39, 0.29) is 5.91 Å². The van der Waals surface area contributed by atoms with Gasteiger partial charge in [-0.3, -0.25) is 9.69 Å². The molecule has 0 aromatic carbocycles. The zero-order valence-corrected chi connectivity index (χ0v) is 12.4. The molecule has 0 bridgehead atoms. The average molecular weight is 255 g/mol. The molecule has 0 aromatic rings. The zero-order valence-electron chi connectivity index (χ0n) is 12.4. The van der Waals surface area contributed by atoms with E-state index < -0.39 is 0 Å². The summed E-state index contributed by atoms with van der Waals surface area (Å²) >= 11 is 0. The fraction of sp³-hybridized carbons (Fsp3) is 0.929. The number of nitrogens with two attached hydrogens (primary N) is 1. The van der Waals surface area contributed by atoms with Gasteiger partial charge in [-0.25, -0.2) is 0 Å². The van der Waals surface area contributed by atoms with Crippen LogP contribution in [0.25, 0.3) is 0 Å². The molecular formula is C14H29N3O. The molecule has 0 radical (unpaired) electrons. The Hall–Kier alpha value is -0.610. The van der Waals surface area contributed by atoms with E-state index in [1.165, 1.54) is 0 Å². The number of carbonyl (C=O) groups excluding carboxylic acids is 1. The molecule has 1 aliphatic rings. The number of likely N-dealkylation sites (tertiary alicyclic amines) is 1.